The number of hydrogen-bond acceptors (Lipinski definition) is 2. The van der Waals surface area contributed by atoms with Crippen molar-refractivity contribution in [2.45, 2.75) is 13.8 Å². The minimum atomic E-state index is -0.0156. The van der Waals surface area contributed by atoms with Crippen LogP contribution in [0.15, 0.2) is 12.3 Å². The summed E-state index contributed by atoms with van der Waals surface area (Å²) in [4.78, 5) is 3.87. The van der Waals surface area contributed by atoms with E-state index in [0.29, 0.717) is 0 Å². The predicted octanol–water partition coefficient (Wildman–Crippen LogP) is 0.772. The fraction of sp³-hybridized carbons (Fsp3) is 0.286. The monoisotopic (exact) mass is 122 g/mol. The van der Waals surface area contributed by atoms with Crippen molar-refractivity contribution in [1.29, 1.82) is 0 Å². The van der Waals surface area contributed by atoms with Crippen LogP contribution in [-0.2, 0) is 0 Å². The first-order valence-corrected chi connectivity index (χ1v) is 2.80. The summed E-state index contributed by atoms with van der Waals surface area (Å²) in [5, 5.41) is 10.6. The van der Waals surface area contributed by atoms with Gasteiger partial charge >= 0.3 is 0 Å². The minimum Gasteiger partial charge on any atom is -0.871 e. The maximum absolute atomic E-state index is 10.6. The summed E-state index contributed by atoms with van der Waals surface area (Å²) < 4.78 is 0. The Morgan fingerprint density at radius 3 is 2.56 bits per heavy atom. The zero-order valence-electron chi connectivity index (χ0n) is 5.51. The quantitative estimate of drug-likeness (QED) is 0.509. The largest absolute Gasteiger partial charge is 0.871 e. The Morgan fingerprint density at radius 1 is 1.44 bits per heavy atom. The second-order valence-electron chi connectivity index (χ2n) is 2.07. The zero-order valence-corrected chi connectivity index (χ0v) is 5.51. The van der Waals surface area contributed by atoms with Crippen LogP contribution in [0, 0.1) is 13.8 Å². The van der Waals surface area contributed by atoms with E-state index in [1.807, 2.05) is 13.8 Å². The van der Waals surface area contributed by atoms with Crippen molar-refractivity contribution in [2.24, 2.45) is 0 Å². The lowest BCUT2D eigenvalue weighted by Gasteiger charge is -2.05. The Labute approximate surface area is 54.2 Å². The molecule has 0 fully saturated rings. The molecule has 0 amide bonds. The van der Waals surface area contributed by atoms with E-state index in [4.69, 9.17) is 0 Å². The van der Waals surface area contributed by atoms with Crippen molar-refractivity contribution in [1.82, 2.24) is 4.98 Å². The normalized spacial score (nSPS) is 9.56. The van der Waals surface area contributed by atoms with Crippen LogP contribution in [-0.4, -0.2) is 4.98 Å². The molecule has 1 heterocycles. The van der Waals surface area contributed by atoms with Gasteiger partial charge in [0.1, 0.15) is 0 Å². The maximum Gasteiger partial charge on any atom is 0.0401 e. The third kappa shape index (κ3) is 1.19. The highest BCUT2D eigenvalue weighted by molar-refractivity contribution is 5.24. The Balaban J connectivity index is 3.17. The molecule has 0 aliphatic rings. The van der Waals surface area contributed by atoms with Crippen LogP contribution in [0.25, 0.3) is 0 Å². The second-order valence-corrected chi connectivity index (χ2v) is 2.07. The molecule has 0 aliphatic carbocycles. The molecule has 2 heteroatoms. The van der Waals surface area contributed by atoms with Crippen LogP contribution in [0.1, 0.15) is 11.3 Å². The van der Waals surface area contributed by atoms with Gasteiger partial charge in [0, 0.05) is 11.9 Å². The summed E-state index contributed by atoms with van der Waals surface area (Å²) in [5.74, 6) is -0.0156. The lowest BCUT2D eigenvalue weighted by Crippen LogP contribution is -1.93. The molecule has 2 nitrogen and oxygen atoms in total. The Kier molecular flexibility index (Phi) is 1.39. The third-order valence-corrected chi connectivity index (χ3v) is 1.31. The molecule has 0 aromatic carbocycles. The summed E-state index contributed by atoms with van der Waals surface area (Å²) in [6, 6.07) is 1.59. The van der Waals surface area contributed by atoms with E-state index in [2.05, 4.69) is 4.98 Å². The summed E-state index contributed by atoms with van der Waals surface area (Å²) >= 11 is 0. The van der Waals surface area contributed by atoms with Crippen LogP contribution >= 0.6 is 0 Å². The van der Waals surface area contributed by atoms with Crippen molar-refractivity contribution in [3.8, 4) is 5.75 Å². The molecule has 0 saturated carbocycles. The van der Waals surface area contributed by atoms with Gasteiger partial charge in [-0.25, -0.2) is 0 Å². The Hall–Kier alpha value is -1.05. The van der Waals surface area contributed by atoms with Crippen LogP contribution in [0.3, 0.4) is 0 Å². The van der Waals surface area contributed by atoms with Gasteiger partial charge in [-0.2, -0.15) is 0 Å². The van der Waals surface area contributed by atoms with Gasteiger partial charge in [-0.15, -0.1) is 0 Å². The number of nitrogens with zero attached hydrogens (tertiary/aromatic N) is 1. The fourth-order valence-corrected chi connectivity index (χ4v) is 0.617. The van der Waals surface area contributed by atoms with Gasteiger partial charge in [-0.3, -0.25) is 4.98 Å². The molecule has 0 bridgehead atoms. The molecule has 0 radical (unpaired) electrons. The van der Waals surface area contributed by atoms with E-state index in [-0.39, 0.29) is 5.75 Å². The maximum atomic E-state index is 10.6. The van der Waals surface area contributed by atoms with Gasteiger partial charge in [0.25, 0.3) is 0 Å². The van der Waals surface area contributed by atoms with Crippen molar-refractivity contribution in [3.63, 3.8) is 0 Å². The lowest BCUT2D eigenvalue weighted by atomic mass is 10.2. The van der Waals surface area contributed by atoms with Crippen LogP contribution in [0.4, 0.5) is 0 Å². The fourth-order valence-electron chi connectivity index (χ4n) is 0.617. The van der Waals surface area contributed by atoms with Crippen molar-refractivity contribution in [3.05, 3.63) is 23.5 Å². The number of aromatic nitrogens is 1. The van der Waals surface area contributed by atoms with E-state index in [1.165, 1.54) is 6.20 Å². The highest BCUT2D eigenvalue weighted by atomic mass is 16.3. The molecule has 0 saturated heterocycles. The van der Waals surface area contributed by atoms with Gasteiger partial charge in [-0.1, -0.05) is 11.8 Å². The average Bonchev–Trinajstić information content (AvgIpc) is 1.80. The van der Waals surface area contributed by atoms with Crippen molar-refractivity contribution < 1.29 is 5.11 Å². The van der Waals surface area contributed by atoms with Crippen LogP contribution in [0.2, 0.25) is 0 Å². The van der Waals surface area contributed by atoms with E-state index < -0.39 is 0 Å². The highest BCUT2D eigenvalue weighted by Gasteiger charge is 1.87. The Morgan fingerprint density at radius 2 is 2.11 bits per heavy atom. The first kappa shape index (κ1) is 6.08. The van der Waals surface area contributed by atoms with Gasteiger partial charge in [0.05, 0.1) is 0 Å². The highest BCUT2D eigenvalue weighted by Crippen LogP contribution is 2.07. The molecule has 0 unspecified atom stereocenters. The van der Waals surface area contributed by atoms with Crippen molar-refractivity contribution in [2.75, 3.05) is 0 Å². The second kappa shape index (κ2) is 2.05. The first-order chi connectivity index (χ1) is 4.20. The molecular weight excluding hydrogens is 114 g/mol. The molecular formula is C7H8NO-. The van der Waals surface area contributed by atoms with E-state index in [1.54, 1.807) is 6.07 Å². The molecule has 0 aliphatic heterocycles. The van der Waals surface area contributed by atoms with E-state index >= 15 is 0 Å². The van der Waals surface area contributed by atoms with Crippen LogP contribution < -0.4 is 5.11 Å². The molecule has 1 aromatic rings. The number of rotatable bonds is 0. The molecule has 1 aromatic heterocycles. The SMILES string of the molecule is Cc1cc([O-])cnc1C. The minimum absolute atomic E-state index is 0.0156. The van der Waals surface area contributed by atoms with Gasteiger partial charge in [0.2, 0.25) is 0 Å². The van der Waals surface area contributed by atoms with Gasteiger partial charge in [0.15, 0.2) is 0 Å². The molecule has 9 heavy (non-hydrogen) atoms. The number of hydrogen-bond donors (Lipinski definition) is 0. The molecule has 0 N–H and O–H groups in total. The smallest absolute Gasteiger partial charge is 0.0401 e. The third-order valence-electron chi connectivity index (χ3n) is 1.31. The van der Waals surface area contributed by atoms with Gasteiger partial charge in [-0.05, 0) is 19.4 Å². The molecule has 0 spiro atoms. The lowest BCUT2D eigenvalue weighted by molar-refractivity contribution is -0.268. The molecule has 0 atom stereocenters. The summed E-state index contributed by atoms with van der Waals surface area (Å²) in [6.07, 6.45) is 1.34. The first-order valence-electron chi connectivity index (χ1n) is 2.80. The summed E-state index contributed by atoms with van der Waals surface area (Å²) in [7, 11) is 0. The Bertz CT molecular complexity index is 220. The zero-order chi connectivity index (χ0) is 6.85. The summed E-state index contributed by atoms with van der Waals surface area (Å²) in [6.45, 7) is 3.76. The number of aryl methyl sites for hydroxylation is 2. The molecule has 48 valence electrons. The average molecular weight is 122 g/mol. The van der Waals surface area contributed by atoms with Crippen LogP contribution in [0.5, 0.6) is 5.75 Å². The topological polar surface area (TPSA) is 36.0 Å². The molecule has 1 rings (SSSR count). The van der Waals surface area contributed by atoms with Gasteiger partial charge < -0.3 is 5.11 Å². The standard InChI is InChI=1S/C7H9NO/c1-5-3-7(9)4-8-6(5)2/h3-4,9H,1-2H3/p-1. The van der Waals surface area contributed by atoms with Crippen molar-refractivity contribution >= 4 is 0 Å². The van der Waals surface area contributed by atoms with E-state index in [0.717, 1.165) is 11.3 Å². The van der Waals surface area contributed by atoms with E-state index in [9.17, 15) is 5.11 Å². The summed E-state index contributed by atoms with van der Waals surface area (Å²) in [5.41, 5.74) is 1.89. The number of pyridine rings is 1. The predicted molar refractivity (Wildman–Crippen MR) is 33.2 cm³/mol.